The maximum absolute atomic E-state index is 13.4. The fourth-order valence-corrected chi connectivity index (χ4v) is 8.25. The van der Waals surface area contributed by atoms with E-state index in [1.165, 1.54) is 6.08 Å². The summed E-state index contributed by atoms with van der Waals surface area (Å²) in [6, 6.07) is 0. The van der Waals surface area contributed by atoms with E-state index in [0.29, 0.717) is 11.1 Å². The number of ether oxygens (including phenoxy) is 4. The second-order valence-corrected chi connectivity index (χ2v) is 11.5. The fourth-order valence-electron chi connectivity index (χ4n) is 8.25. The smallest absolute Gasteiger partial charge is 0.348 e. The number of carbonyl (C=O) groups is 4. The molecule has 3 aliphatic carbocycles. The number of Topliss-reactive ketones (excluding diaryl/α,β-unsaturated/α-hetero) is 1. The molecular weight excluding hydrogens is 488 g/mol. The highest BCUT2D eigenvalue weighted by molar-refractivity contribution is 5.95. The number of aliphatic hydroxyl groups is 3. The summed E-state index contributed by atoms with van der Waals surface area (Å²) in [4.78, 5) is 52.2. The Morgan fingerprint density at radius 2 is 1.84 bits per heavy atom. The van der Waals surface area contributed by atoms with Crippen molar-refractivity contribution in [3.05, 3.63) is 23.0 Å². The van der Waals surface area contributed by atoms with Crippen molar-refractivity contribution in [3.8, 4) is 0 Å². The number of fused-ring (bicyclic) bond motifs is 2. The molecule has 11 heteroatoms. The first-order chi connectivity index (χ1) is 17.3. The van der Waals surface area contributed by atoms with E-state index in [4.69, 9.17) is 18.9 Å². The molecule has 0 aromatic rings. The lowest BCUT2D eigenvalue weighted by Crippen LogP contribution is -2.79. The predicted molar refractivity (Wildman–Crippen MR) is 122 cm³/mol. The summed E-state index contributed by atoms with van der Waals surface area (Å²) in [6.45, 7) is 6.53. The quantitative estimate of drug-likeness (QED) is 0.270. The van der Waals surface area contributed by atoms with Crippen LogP contribution in [0.2, 0.25) is 0 Å². The van der Waals surface area contributed by atoms with Crippen molar-refractivity contribution >= 4 is 23.7 Å². The summed E-state index contributed by atoms with van der Waals surface area (Å²) in [5, 5.41) is 33.6. The van der Waals surface area contributed by atoms with E-state index in [9.17, 15) is 34.5 Å². The highest BCUT2D eigenvalue weighted by Gasteiger charge is 2.85. The molecule has 2 saturated heterocycles. The fraction of sp³-hybridized carbons (Fsp3) is 0.692. The minimum atomic E-state index is -2.22. The molecule has 1 unspecified atom stereocenters. The summed E-state index contributed by atoms with van der Waals surface area (Å²) in [5.74, 6) is -6.30. The average molecular weight is 521 g/mol. The summed E-state index contributed by atoms with van der Waals surface area (Å²) < 4.78 is 22.5. The van der Waals surface area contributed by atoms with Crippen LogP contribution in [0.3, 0.4) is 0 Å². The zero-order valence-corrected chi connectivity index (χ0v) is 21.3. The van der Waals surface area contributed by atoms with Gasteiger partial charge in [-0.2, -0.15) is 0 Å². The first kappa shape index (κ1) is 25.9. The Labute approximate surface area is 213 Å². The van der Waals surface area contributed by atoms with Gasteiger partial charge in [0.1, 0.15) is 12.2 Å². The number of esters is 3. The van der Waals surface area contributed by atoms with E-state index in [1.54, 1.807) is 27.7 Å². The van der Waals surface area contributed by atoms with Gasteiger partial charge in [0.2, 0.25) is 11.7 Å². The second kappa shape index (κ2) is 8.12. The Balaban J connectivity index is 1.74. The Kier molecular flexibility index (Phi) is 5.68. The van der Waals surface area contributed by atoms with Crippen LogP contribution in [-0.2, 0) is 38.1 Å². The van der Waals surface area contributed by atoms with E-state index >= 15 is 0 Å². The van der Waals surface area contributed by atoms with E-state index in [1.807, 2.05) is 0 Å². The van der Waals surface area contributed by atoms with Crippen LogP contribution in [0.1, 0.15) is 40.5 Å². The number of aliphatic hydroxyl groups excluding tert-OH is 3. The summed E-state index contributed by atoms with van der Waals surface area (Å²) in [5.41, 5.74) is -3.50. The Morgan fingerprint density at radius 3 is 2.46 bits per heavy atom. The zero-order valence-electron chi connectivity index (χ0n) is 21.3. The number of carbonyl (C=O) groups excluding carboxylic acids is 4. The maximum atomic E-state index is 13.4. The van der Waals surface area contributed by atoms with Gasteiger partial charge in [-0.15, -0.1) is 0 Å². The van der Waals surface area contributed by atoms with Gasteiger partial charge in [-0.3, -0.25) is 4.79 Å². The molecule has 0 aromatic heterocycles. The highest BCUT2D eigenvalue weighted by atomic mass is 16.6. The van der Waals surface area contributed by atoms with Crippen LogP contribution in [0.15, 0.2) is 23.0 Å². The minimum absolute atomic E-state index is 0.141. The molecule has 3 N–H and O–H groups in total. The summed E-state index contributed by atoms with van der Waals surface area (Å²) >= 11 is 0. The standard InChI is InChI=1S/C26H32O11/c1-10(2)6-15(28)37-18-20-25-9-35-26(20,23(33)34-5)21(31)17(30)19(25)24(4)8-13(27)16(29)11(3)12(24)7-14(25)36-22(18)32/h6,12,14,17-21,29-31H,7-9H2,1-5H3/t12-,14+,17+,18+,19+,20+,21-,24-,25+,26?/m0/s1. The van der Waals surface area contributed by atoms with E-state index in [0.717, 1.165) is 7.11 Å². The molecule has 2 aliphatic heterocycles. The normalized spacial score (nSPS) is 45.9. The molecule has 4 fully saturated rings. The van der Waals surface area contributed by atoms with Crippen LogP contribution in [0.5, 0.6) is 0 Å². The van der Waals surface area contributed by atoms with Crippen molar-refractivity contribution in [3.63, 3.8) is 0 Å². The molecule has 2 bridgehead atoms. The molecule has 2 heterocycles. The third kappa shape index (κ3) is 3.04. The number of rotatable bonds is 3. The molecule has 37 heavy (non-hydrogen) atoms. The monoisotopic (exact) mass is 520 g/mol. The van der Waals surface area contributed by atoms with Crippen LogP contribution < -0.4 is 0 Å². The van der Waals surface area contributed by atoms with Crippen molar-refractivity contribution in [2.45, 2.75) is 70.6 Å². The van der Waals surface area contributed by atoms with Gasteiger partial charge in [-0.1, -0.05) is 12.5 Å². The molecule has 5 rings (SSSR count). The number of methoxy groups -OCH3 is 1. The molecule has 0 radical (unpaired) electrons. The number of ketones is 1. The third-order valence-electron chi connectivity index (χ3n) is 9.49. The molecule has 0 amide bonds. The van der Waals surface area contributed by atoms with Crippen LogP contribution in [-0.4, -0.2) is 82.7 Å². The minimum Gasteiger partial charge on any atom is -0.504 e. The highest BCUT2D eigenvalue weighted by Crippen LogP contribution is 2.72. The van der Waals surface area contributed by atoms with E-state index in [2.05, 4.69) is 0 Å². The predicted octanol–water partition coefficient (Wildman–Crippen LogP) is 0.517. The maximum Gasteiger partial charge on any atom is 0.348 e. The van der Waals surface area contributed by atoms with Gasteiger partial charge in [-0.25, -0.2) is 14.4 Å². The average Bonchev–Trinajstić information content (AvgIpc) is 3.12. The number of allylic oxidation sites excluding steroid dienone is 3. The van der Waals surface area contributed by atoms with Gasteiger partial charge < -0.3 is 34.3 Å². The Bertz CT molecular complexity index is 1150. The zero-order chi connectivity index (χ0) is 27.2. The van der Waals surface area contributed by atoms with Gasteiger partial charge in [0.05, 0.1) is 25.7 Å². The van der Waals surface area contributed by atoms with Gasteiger partial charge in [0.25, 0.3) is 0 Å². The van der Waals surface area contributed by atoms with Crippen molar-refractivity contribution in [1.29, 1.82) is 0 Å². The molecule has 11 nitrogen and oxygen atoms in total. The largest absolute Gasteiger partial charge is 0.504 e. The molecule has 1 spiro atoms. The lowest BCUT2D eigenvalue weighted by Gasteiger charge is -2.67. The topological polar surface area (TPSA) is 166 Å². The van der Waals surface area contributed by atoms with Gasteiger partial charge in [-0.05, 0) is 44.1 Å². The van der Waals surface area contributed by atoms with E-state index in [-0.39, 0.29) is 25.2 Å². The van der Waals surface area contributed by atoms with Crippen molar-refractivity contribution in [2.24, 2.45) is 28.6 Å². The summed E-state index contributed by atoms with van der Waals surface area (Å²) in [6.07, 6.45) is -4.79. The van der Waals surface area contributed by atoms with E-state index < -0.39 is 82.3 Å². The molecule has 2 saturated carbocycles. The van der Waals surface area contributed by atoms with Crippen LogP contribution >= 0.6 is 0 Å². The first-order valence-corrected chi connectivity index (χ1v) is 12.3. The molecule has 5 aliphatic rings. The van der Waals surface area contributed by atoms with Crippen LogP contribution in [0.4, 0.5) is 0 Å². The van der Waals surface area contributed by atoms with Crippen LogP contribution in [0, 0.1) is 28.6 Å². The number of hydrogen-bond donors (Lipinski definition) is 3. The van der Waals surface area contributed by atoms with Crippen molar-refractivity contribution in [2.75, 3.05) is 13.7 Å². The molecular formula is C26H32O11. The molecule has 202 valence electrons. The lowest BCUT2D eigenvalue weighted by molar-refractivity contribution is -0.290. The van der Waals surface area contributed by atoms with Crippen molar-refractivity contribution < 1.29 is 53.4 Å². The molecule has 0 aromatic carbocycles. The lowest BCUT2D eigenvalue weighted by atomic mass is 9.38. The third-order valence-corrected chi connectivity index (χ3v) is 9.49. The number of hydrogen-bond acceptors (Lipinski definition) is 11. The first-order valence-electron chi connectivity index (χ1n) is 12.3. The van der Waals surface area contributed by atoms with Gasteiger partial charge in [0, 0.05) is 23.8 Å². The van der Waals surface area contributed by atoms with Gasteiger partial charge in [0.15, 0.2) is 11.5 Å². The summed E-state index contributed by atoms with van der Waals surface area (Å²) in [7, 11) is 1.09. The van der Waals surface area contributed by atoms with Gasteiger partial charge >= 0.3 is 17.9 Å². The van der Waals surface area contributed by atoms with Crippen LogP contribution in [0.25, 0.3) is 0 Å². The van der Waals surface area contributed by atoms with Crippen molar-refractivity contribution in [1.82, 2.24) is 0 Å². The molecule has 10 atom stereocenters. The SMILES string of the molecule is COC(=O)C12OC[C@]34[C@H]([C@@H](O)[C@@H]1O)[C@@]1(C)CC(=O)C(O)=C(C)[C@@H]1C[C@H]3OC(=O)[C@H](OC(=O)C=C(C)C)[C@@H]24. The Hall–Kier alpha value is -2.76. The second-order valence-electron chi connectivity index (χ2n) is 11.5. The Morgan fingerprint density at radius 1 is 1.16 bits per heavy atom.